The molecule has 2 aromatic carbocycles. The van der Waals surface area contributed by atoms with Crippen molar-refractivity contribution in [2.24, 2.45) is 0 Å². The third-order valence-corrected chi connectivity index (χ3v) is 6.16. The van der Waals surface area contributed by atoms with Gasteiger partial charge >= 0.3 is 5.97 Å². The van der Waals surface area contributed by atoms with Gasteiger partial charge < -0.3 is 55.4 Å². The van der Waals surface area contributed by atoms with Crippen molar-refractivity contribution in [3.8, 4) is 28.7 Å². The van der Waals surface area contributed by atoms with Gasteiger partial charge in [0.05, 0.1) is 17.7 Å². The molecule has 0 unspecified atom stereocenters. The van der Waals surface area contributed by atoms with Crippen LogP contribution in [0.4, 0.5) is 0 Å². The molecule has 36 heavy (non-hydrogen) atoms. The summed E-state index contributed by atoms with van der Waals surface area (Å²) in [6, 6.07) is 0.709. The molecule has 2 aromatic rings. The van der Waals surface area contributed by atoms with Gasteiger partial charge in [-0.3, -0.25) is 9.59 Å². The number of hydrogen-bond donors (Lipinski definition) is 9. The summed E-state index contributed by atoms with van der Waals surface area (Å²) < 4.78 is 10.3. The predicted octanol–water partition coefficient (Wildman–Crippen LogP) is -1.53. The van der Waals surface area contributed by atoms with E-state index in [4.69, 9.17) is 9.47 Å². The van der Waals surface area contributed by atoms with Crippen LogP contribution < -0.4 is 4.74 Å². The van der Waals surface area contributed by atoms with Crippen LogP contribution in [0.1, 0.15) is 47.8 Å². The maximum absolute atomic E-state index is 13.3. The molecular weight excluding hydrogens is 488 g/mol. The van der Waals surface area contributed by atoms with E-state index in [9.17, 15) is 60.3 Å². The van der Waals surface area contributed by atoms with Gasteiger partial charge in [-0.1, -0.05) is 0 Å². The van der Waals surface area contributed by atoms with Crippen molar-refractivity contribution in [2.45, 2.75) is 37.6 Å². The average molecular weight is 508 g/mol. The number of aromatic carboxylic acids is 1. The zero-order valence-corrected chi connectivity index (χ0v) is 18.2. The first kappa shape index (κ1) is 25.2. The van der Waals surface area contributed by atoms with E-state index in [0.29, 0.717) is 6.07 Å². The smallest absolute Gasteiger partial charge is 0.339 e. The number of hydrogen-bond acceptors (Lipinski definition) is 13. The number of fused-ring (bicyclic) bond motifs is 2. The number of carbonyl (C=O) groups is 3. The van der Waals surface area contributed by atoms with Gasteiger partial charge in [-0.05, 0) is 18.6 Å². The first-order chi connectivity index (χ1) is 16.8. The summed E-state index contributed by atoms with van der Waals surface area (Å²) >= 11 is 0. The molecule has 1 heterocycles. The largest absolute Gasteiger partial charge is 0.507 e. The summed E-state index contributed by atoms with van der Waals surface area (Å²) in [6.07, 6.45) is -9.06. The minimum absolute atomic E-state index is 0.315. The van der Waals surface area contributed by atoms with Gasteiger partial charge in [0.25, 0.3) is 0 Å². The lowest BCUT2D eigenvalue weighted by Crippen LogP contribution is -2.60. The molecule has 0 radical (unpaired) electrons. The van der Waals surface area contributed by atoms with Gasteiger partial charge in [0.2, 0.25) is 17.8 Å². The van der Waals surface area contributed by atoms with E-state index in [-0.39, 0.29) is 5.56 Å². The number of carboxylic acids is 1. The van der Waals surface area contributed by atoms with Crippen LogP contribution in [-0.2, 0) is 4.74 Å². The summed E-state index contributed by atoms with van der Waals surface area (Å²) in [5.74, 6) is -9.51. The molecule has 0 aromatic heterocycles. The second-order valence-corrected chi connectivity index (χ2v) is 8.22. The Morgan fingerprint density at radius 2 is 1.53 bits per heavy atom. The van der Waals surface area contributed by atoms with Gasteiger partial charge in [0, 0.05) is 11.1 Å². The normalized spacial score (nSPS) is 25.3. The van der Waals surface area contributed by atoms with Crippen LogP contribution >= 0.6 is 0 Å². The topological polar surface area (TPSA) is 252 Å². The molecule has 14 nitrogen and oxygen atoms in total. The molecule has 0 saturated carbocycles. The fraction of sp³-hybridized carbons (Fsp3) is 0.318. The summed E-state index contributed by atoms with van der Waals surface area (Å²) in [5.41, 5.74) is -3.74. The van der Waals surface area contributed by atoms with Crippen LogP contribution in [-0.4, -0.2) is 101 Å². The van der Waals surface area contributed by atoms with E-state index >= 15 is 0 Å². The molecule has 2 aliphatic rings. The Balaban J connectivity index is 1.88. The zero-order chi connectivity index (χ0) is 26.8. The fourth-order valence-corrected chi connectivity index (χ4v) is 4.32. The molecule has 1 aliphatic heterocycles. The van der Waals surface area contributed by atoms with Crippen molar-refractivity contribution in [1.82, 2.24) is 0 Å². The number of ketones is 2. The molecular formula is C22H20O14. The quantitative estimate of drug-likeness (QED) is 0.143. The third kappa shape index (κ3) is 3.42. The number of ether oxygens (including phenoxy) is 2. The van der Waals surface area contributed by atoms with E-state index in [1.165, 1.54) is 0 Å². The highest BCUT2D eigenvalue weighted by atomic mass is 16.7. The maximum atomic E-state index is 13.3. The first-order valence-corrected chi connectivity index (χ1v) is 10.3. The van der Waals surface area contributed by atoms with Crippen molar-refractivity contribution in [2.75, 3.05) is 6.61 Å². The highest BCUT2D eigenvalue weighted by Crippen LogP contribution is 2.52. The molecule has 1 fully saturated rings. The summed E-state index contributed by atoms with van der Waals surface area (Å²) in [7, 11) is 0. The first-order valence-electron chi connectivity index (χ1n) is 10.3. The van der Waals surface area contributed by atoms with Crippen LogP contribution in [0.5, 0.6) is 28.7 Å². The SMILES string of the molecule is Cc1c(C(=O)O)c(O)cc2c1C(=O)c1c(O)c(O[C@H]3O[C@@H](CO)[C@H](O)[C@@H](O)[C@H]3O)c(O)c(O)c1C2=O. The van der Waals surface area contributed by atoms with Gasteiger partial charge in [-0.15, -0.1) is 0 Å². The minimum atomic E-state index is -2.00. The highest BCUT2D eigenvalue weighted by molar-refractivity contribution is 6.32. The molecule has 0 amide bonds. The molecule has 14 heteroatoms. The summed E-state index contributed by atoms with van der Waals surface area (Å²) in [6.45, 7) is 0.306. The molecule has 0 bridgehead atoms. The lowest BCUT2D eigenvalue weighted by molar-refractivity contribution is -0.277. The van der Waals surface area contributed by atoms with Gasteiger partial charge in [0.1, 0.15) is 35.7 Å². The Morgan fingerprint density at radius 3 is 2.11 bits per heavy atom. The van der Waals surface area contributed by atoms with Gasteiger partial charge in [-0.2, -0.15) is 0 Å². The number of carboxylic acid groups (broad SMARTS) is 1. The number of aliphatic hydroxyl groups excluding tert-OH is 4. The summed E-state index contributed by atoms with van der Waals surface area (Å²) in [4.78, 5) is 38.0. The van der Waals surface area contributed by atoms with Crippen LogP contribution in [0, 0.1) is 6.92 Å². The van der Waals surface area contributed by atoms with Crippen LogP contribution in [0.15, 0.2) is 6.07 Å². The molecule has 0 spiro atoms. The minimum Gasteiger partial charge on any atom is -0.507 e. The molecule has 9 N–H and O–H groups in total. The van der Waals surface area contributed by atoms with E-state index in [1.54, 1.807) is 0 Å². The Bertz CT molecular complexity index is 1310. The average Bonchev–Trinajstić information content (AvgIpc) is 2.81. The highest BCUT2D eigenvalue weighted by Gasteiger charge is 2.47. The number of rotatable bonds is 4. The molecule has 1 aliphatic carbocycles. The molecule has 192 valence electrons. The van der Waals surface area contributed by atoms with E-state index in [1.807, 2.05) is 0 Å². The Kier molecular flexibility index (Phi) is 6.02. The summed E-state index contributed by atoms with van der Waals surface area (Å²) in [5, 5.41) is 90.5. The van der Waals surface area contributed by atoms with E-state index < -0.39 is 111 Å². The lowest BCUT2D eigenvalue weighted by atomic mass is 9.79. The van der Waals surface area contributed by atoms with E-state index in [0.717, 1.165) is 6.92 Å². The zero-order valence-electron chi connectivity index (χ0n) is 18.2. The predicted molar refractivity (Wildman–Crippen MR) is 112 cm³/mol. The maximum Gasteiger partial charge on any atom is 0.339 e. The van der Waals surface area contributed by atoms with E-state index in [2.05, 4.69) is 0 Å². The van der Waals surface area contributed by atoms with Gasteiger partial charge in [0.15, 0.2) is 23.1 Å². The second kappa shape index (κ2) is 8.61. The molecule has 1 saturated heterocycles. The number of phenolic OH excluding ortho intramolecular Hbond substituents is 3. The van der Waals surface area contributed by atoms with Crippen molar-refractivity contribution < 1.29 is 69.8 Å². The number of carbonyl (C=O) groups excluding carboxylic acids is 2. The lowest BCUT2D eigenvalue weighted by Gasteiger charge is -2.39. The second-order valence-electron chi connectivity index (χ2n) is 8.22. The third-order valence-electron chi connectivity index (χ3n) is 6.16. The fourth-order valence-electron chi connectivity index (χ4n) is 4.32. The number of aromatic hydroxyl groups is 4. The Morgan fingerprint density at radius 1 is 0.917 bits per heavy atom. The van der Waals surface area contributed by atoms with Crippen molar-refractivity contribution in [3.63, 3.8) is 0 Å². The number of benzene rings is 2. The number of aliphatic hydroxyl groups is 4. The van der Waals surface area contributed by atoms with Crippen molar-refractivity contribution >= 4 is 17.5 Å². The Hall–Kier alpha value is -3.95. The number of phenols is 4. The molecule has 5 atom stereocenters. The van der Waals surface area contributed by atoms with Crippen LogP contribution in [0.2, 0.25) is 0 Å². The molecule has 4 rings (SSSR count). The van der Waals surface area contributed by atoms with Crippen molar-refractivity contribution in [3.05, 3.63) is 39.4 Å². The van der Waals surface area contributed by atoms with Crippen LogP contribution in [0.3, 0.4) is 0 Å². The van der Waals surface area contributed by atoms with Crippen LogP contribution in [0.25, 0.3) is 0 Å². The van der Waals surface area contributed by atoms with Gasteiger partial charge in [-0.25, -0.2) is 4.79 Å². The standard InChI is InChI=1S/C22H20O14/c1-4-8-5(2-6(24)9(4)21(33)34)12(25)10-11(14(8)27)16(29)20(18(31)15(10)28)36-22-19(32)17(30)13(26)7(3-23)35-22/h2,7,13,17,19,22-24,26,28-32H,3H2,1H3,(H,33,34)/t7-,13-,17+,19+,22+/m0/s1. The monoisotopic (exact) mass is 508 g/mol. The van der Waals surface area contributed by atoms with Crippen molar-refractivity contribution in [1.29, 1.82) is 0 Å². The Labute approximate surface area is 200 Å².